The maximum Gasteiger partial charge on any atom is 0.0487 e. The highest BCUT2D eigenvalue weighted by atomic mass is 35.5. The summed E-state index contributed by atoms with van der Waals surface area (Å²) in [5.41, 5.74) is 6.20. The van der Waals surface area contributed by atoms with Gasteiger partial charge in [-0.25, -0.2) is 0 Å². The number of halogens is 1. The third kappa shape index (κ3) is 1.85. The van der Waals surface area contributed by atoms with Crippen LogP contribution in [0.15, 0.2) is 36.4 Å². The molecule has 0 bridgehead atoms. The molecule has 2 aromatic rings. The first-order valence-corrected chi connectivity index (χ1v) is 5.80. The molecule has 2 aromatic carbocycles. The van der Waals surface area contributed by atoms with Crippen molar-refractivity contribution < 1.29 is 0 Å². The van der Waals surface area contributed by atoms with Gasteiger partial charge in [-0.3, -0.25) is 0 Å². The van der Waals surface area contributed by atoms with Crippen molar-refractivity contribution in [3.8, 4) is 11.1 Å². The van der Waals surface area contributed by atoms with Gasteiger partial charge in [0.1, 0.15) is 0 Å². The minimum absolute atomic E-state index is 0.831. The van der Waals surface area contributed by atoms with Crippen molar-refractivity contribution in [3.05, 3.63) is 58.1 Å². The molecule has 0 aliphatic rings. The Balaban J connectivity index is 2.74. The zero-order chi connectivity index (χ0) is 11.7. The third-order valence-electron chi connectivity index (χ3n) is 3.10. The fourth-order valence-corrected chi connectivity index (χ4v) is 2.27. The highest BCUT2D eigenvalue weighted by Crippen LogP contribution is 2.34. The first kappa shape index (κ1) is 11.2. The van der Waals surface area contributed by atoms with Gasteiger partial charge in [-0.15, -0.1) is 0 Å². The second-order valence-electron chi connectivity index (χ2n) is 4.18. The highest BCUT2D eigenvalue weighted by Gasteiger charge is 2.10. The Morgan fingerprint density at radius 1 is 0.812 bits per heavy atom. The van der Waals surface area contributed by atoms with Gasteiger partial charge in [-0.1, -0.05) is 41.9 Å². The average Bonchev–Trinajstić information content (AvgIpc) is 2.27. The van der Waals surface area contributed by atoms with Crippen molar-refractivity contribution >= 4 is 11.6 Å². The molecule has 0 spiro atoms. The Morgan fingerprint density at radius 3 is 2.19 bits per heavy atom. The van der Waals surface area contributed by atoms with Crippen molar-refractivity contribution in [2.24, 2.45) is 0 Å². The minimum atomic E-state index is 0.831. The van der Waals surface area contributed by atoms with Crippen molar-refractivity contribution in [1.29, 1.82) is 0 Å². The van der Waals surface area contributed by atoms with Crippen LogP contribution in [0.2, 0.25) is 5.02 Å². The van der Waals surface area contributed by atoms with Gasteiger partial charge in [-0.05, 0) is 49.1 Å². The Bertz CT molecular complexity index is 527. The lowest BCUT2D eigenvalue weighted by atomic mass is 9.94. The predicted molar refractivity (Wildman–Crippen MR) is 71.1 cm³/mol. The molecule has 2 rings (SSSR count). The van der Waals surface area contributed by atoms with E-state index < -0.39 is 0 Å². The molecule has 0 aliphatic heterocycles. The van der Waals surface area contributed by atoms with Gasteiger partial charge in [0.15, 0.2) is 0 Å². The molecular formula is C15H15Cl. The molecule has 0 N–H and O–H groups in total. The Morgan fingerprint density at radius 2 is 1.50 bits per heavy atom. The summed E-state index contributed by atoms with van der Waals surface area (Å²) in [6.45, 7) is 6.36. The quantitative estimate of drug-likeness (QED) is 0.652. The number of hydrogen-bond acceptors (Lipinski definition) is 0. The number of rotatable bonds is 1. The molecule has 0 saturated heterocycles. The molecule has 16 heavy (non-hydrogen) atoms. The van der Waals surface area contributed by atoms with Crippen LogP contribution in [0, 0.1) is 20.8 Å². The molecule has 0 radical (unpaired) electrons. The summed E-state index contributed by atoms with van der Waals surface area (Å²) in [6, 6.07) is 12.4. The van der Waals surface area contributed by atoms with E-state index in [4.69, 9.17) is 11.6 Å². The van der Waals surface area contributed by atoms with E-state index in [9.17, 15) is 0 Å². The van der Waals surface area contributed by atoms with Gasteiger partial charge in [0, 0.05) is 10.6 Å². The SMILES string of the molecule is Cc1ccccc1-c1c(Cl)ccc(C)c1C. The van der Waals surface area contributed by atoms with Gasteiger partial charge in [0.25, 0.3) is 0 Å². The fourth-order valence-electron chi connectivity index (χ4n) is 1.97. The Kier molecular flexibility index (Phi) is 3.02. The smallest absolute Gasteiger partial charge is 0.0487 e. The Labute approximate surface area is 102 Å². The van der Waals surface area contributed by atoms with Crippen LogP contribution in [0.1, 0.15) is 16.7 Å². The highest BCUT2D eigenvalue weighted by molar-refractivity contribution is 6.33. The van der Waals surface area contributed by atoms with E-state index in [0.29, 0.717) is 0 Å². The number of benzene rings is 2. The first-order chi connectivity index (χ1) is 7.61. The normalized spacial score (nSPS) is 10.5. The van der Waals surface area contributed by atoms with Crippen molar-refractivity contribution in [3.63, 3.8) is 0 Å². The van der Waals surface area contributed by atoms with Crippen LogP contribution in [-0.4, -0.2) is 0 Å². The van der Waals surface area contributed by atoms with Gasteiger partial charge < -0.3 is 0 Å². The van der Waals surface area contributed by atoms with Crippen molar-refractivity contribution in [2.45, 2.75) is 20.8 Å². The topological polar surface area (TPSA) is 0 Å². The van der Waals surface area contributed by atoms with Crippen LogP contribution in [0.5, 0.6) is 0 Å². The maximum absolute atomic E-state index is 6.31. The molecule has 0 saturated carbocycles. The zero-order valence-corrected chi connectivity index (χ0v) is 10.6. The predicted octanol–water partition coefficient (Wildman–Crippen LogP) is 4.93. The number of aryl methyl sites for hydroxylation is 2. The molecule has 0 heterocycles. The molecule has 0 unspecified atom stereocenters. The minimum Gasteiger partial charge on any atom is -0.0837 e. The van der Waals surface area contributed by atoms with Gasteiger partial charge >= 0.3 is 0 Å². The maximum atomic E-state index is 6.31. The van der Waals surface area contributed by atoms with E-state index in [-0.39, 0.29) is 0 Å². The van der Waals surface area contributed by atoms with E-state index in [0.717, 1.165) is 5.02 Å². The molecular weight excluding hydrogens is 216 g/mol. The van der Waals surface area contributed by atoms with E-state index in [1.54, 1.807) is 0 Å². The Hall–Kier alpha value is -1.27. The molecule has 0 aromatic heterocycles. The summed E-state index contributed by atoms with van der Waals surface area (Å²) in [5.74, 6) is 0. The lowest BCUT2D eigenvalue weighted by molar-refractivity contribution is 1.33. The molecule has 82 valence electrons. The summed E-state index contributed by atoms with van der Waals surface area (Å²) in [5, 5.41) is 0.831. The molecule has 0 fully saturated rings. The lowest BCUT2D eigenvalue weighted by Gasteiger charge is -2.13. The van der Waals surface area contributed by atoms with Crippen molar-refractivity contribution in [2.75, 3.05) is 0 Å². The molecule has 0 atom stereocenters. The average molecular weight is 231 g/mol. The molecule has 0 amide bonds. The summed E-state index contributed by atoms with van der Waals surface area (Å²) in [7, 11) is 0. The van der Waals surface area contributed by atoms with Crippen LogP contribution < -0.4 is 0 Å². The summed E-state index contributed by atoms with van der Waals surface area (Å²) in [4.78, 5) is 0. The van der Waals surface area contributed by atoms with Gasteiger partial charge in [-0.2, -0.15) is 0 Å². The van der Waals surface area contributed by atoms with Gasteiger partial charge in [0.2, 0.25) is 0 Å². The van der Waals surface area contributed by atoms with Crippen LogP contribution in [-0.2, 0) is 0 Å². The summed E-state index contributed by atoms with van der Waals surface area (Å²) >= 11 is 6.31. The standard InChI is InChI=1S/C15H15Cl/c1-10-8-9-14(16)15(12(10)3)13-7-5-4-6-11(13)2/h4-9H,1-3H3. The summed E-state index contributed by atoms with van der Waals surface area (Å²) < 4.78 is 0. The largest absolute Gasteiger partial charge is 0.0837 e. The van der Waals surface area contributed by atoms with E-state index in [2.05, 4.69) is 51.1 Å². The van der Waals surface area contributed by atoms with E-state index >= 15 is 0 Å². The van der Waals surface area contributed by atoms with Gasteiger partial charge in [0.05, 0.1) is 0 Å². The first-order valence-electron chi connectivity index (χ1n) is 5.43. The number of hydrogen-bond donors (Lipinski definition) is 0. The van der Waals surface area contributed by atoms with Crippen LogP contribution in [0.25, 0.3) is 11.1 Å². The zero-order valence-electron chi connectivity index (χ0n) is 9.84. The summed E-state index contributed by atoms with van der Waals surface area (Å²) in [6.07, 6.45) is 0. The lowest BCUT2D eigenvalue weighted by Crippen LogP contribution is -1.90. The molecule has 1 heteroatoms. The molecule has 0 nitrogen and oxygen atoms in total. The van der Waals surface area contributed by atoms with E-state index in [1.165, 1.54) is 27.8 Å². The fraction of sp³-hybridized carbons (Fsp3) is 0.200. The van der Waals surface area contributed by atoms with Crippen LogP contribution in [0.4, 0.5) is 0 Å². The molecule has 0 aliphatic carbocycles. The van der Waals surface area contributed by atoms with Crippen LogP contribution in [0.3, 0.4) is 0 Å². The van der Waals surface area contributed by atoms with E-state index in [1.807, 2.05) is 6.07 Å². The second-order valence-corrected chi connectivity index (χ2v) is 4.59. The monoisotopic (exact) mass is 230 g/mol. The van der Waals surface area contributed by atoms with Crippen molar-refractivity contribution in [1.82, 2.24) is 0 Å². The third-order valence-corrected chi connectivity index (χ3v) is 3.41. The van der Waals surface area contributed by atoms with Crippen LogP contribution >= 0.6 is 11.6 Å². The second kappa shape index (κ2) is 4.31.